The molecule has 0 radical (unpaired) electrons. The molecule has 3 nitrogen and oxygen atoms in total. The van der Waals surface area contributed by atoms with Crippen LogP contribution in [0.5, 0.6) is 0 Å². The molecule has 1 unspecified atom stereocenters. The molecule has 1 N–H and O–H groups in total. The van der Waals surface area contributed by atoms with Crippen molar-refractivity contribution in [2.45, 2.75) is 38.1 Å². The van der Waals surface area contributed by atoms with Gasteiger partial charge in [0.05, 0.1) is 24.7 Å². The van der Waals surface area contributed by atoms with E-state index in [4.69, 9.17) is 16.3 Å². The van der Waals surface area contributed by atoms with E-state index in [1.807, 2.05) is 0 Å². The average molecular weight is 309 g/mol. The van der Waals surface area contributed by atoms with Gasteiger partial charge in [0.2, 0.25) is 0 Å². The molecule has 0 spiro atoms. The summed E-state index contributed by atoms with van der Waals surface area (Å²) in [5.41, 5.74) is 0.586. The Morgan fingerprint density at radius 2 is 1.90 bits per heavy atom. The molecule has 21 heavy (non-hydrogen) atoms. The third kappa shape index (κ3) is 3.58. The molecule has 2 aliphatic heterocycles. The Balaban J connectivity index is 1.56. The van der Waals surface area contributed by atoms with Crippen LogP contribution in [0, 0.1) is 5.92 Å². The highest BCUT2D eigenvalue weighted by Crippen LogP contribution is 2.21. The van der Waals surface area contributed by atoms with Crippen LogP contribution in [0.2, 0.25) is 5.02 Å². The molecule has 0 bridgehead atoms. The first-order chi connectivity index (χ1) is 10.2. The summed E-state index contributed by atoms with van der Waals surface area (Å²) in [6, 6.07) is 7.61. The second kappa shape index (κ2) is 6.80. The Kier molecular flexibility index (Phi) is 4.81. The number of hydrogen-bond donors (Lipinski definition) is 1. The number of nitrogens with one attached hydrogen (secondary N) is 1. The second-order valence-electron chi connectivity index (χ2n) is 6.27. The van der Waals surface area contributed by atoms with Crippen molar-refractivity contribution < 1.29 is 14.4 Å². The molecule has 4 heteroatoms. The number of quaternary nitrogens is 1. The van der Waals surface area contributed by atoms with Crippen molar-refractivity contribution in [3.8, 4) is 0 Å². The van der Waals surface area contributed by atoms with Gasteiger partial charge in [0, 0.05) is 10.9 Å². The molecule has 2 aliphatic rings. The minimum atomic E-state index is -0.227. The van der Waals surface area contributed by atoms with Crippen LogP contribution in [-0.2, 0) is 4.74 Å². The monoisotopic (exact) mass is 308 g/mol. The molecule has 1 aromatic rings. The molecule has 3 atom stereocenters. The average Bonchev–Trinajstić information content (AvgIpc) is 2.53. The van der Waals surface area contributed by atoms with Gasteiger partial charge in [-0.05, 0) is 56.4 Å². The number of carbonyl (C=O) groups excluding carboxylic acids is 1. The zero-order chi connectivity index (χ0) is 14.7. The van der Waals surface area contributed by atoms with Gasteiger partial charge in [0.1, 0.15) is 6.61 Å². The van der Waals surface area contributed by atoms with E-state index < -0.39 is 0 Å². The van der Waals surface area contributed by atoms with E-state index in [2.05, 4.69) is 0 Å². The maximum atomic E-state index is 12.1. The minimum absolute atomic E-state index is 0.227. The fourth-order valence-corrected chi connectivity index (χ4v) is 3.96. The molecule has 0 amide bonds. The Labute approximate surface area is 131 Å². The molecule has 114 valence electrons. The predicted octanol–water partition coefficient (Wildman–Crippen LogP) is 2.34. The first-order valence-corrected chi connectivity index (χ1v) is 8.39. The molecule has 2 saturated heterocycles. The van der Waals surface area contributed by atoms with Crippen molar-refractivity contribution >= 4 is 17.6 Å². The van der Waals surface area contributed by atoms with Crippen LogP contribution in [0.1, 0.15) is 42.5 Å². The molecule has 2 heterocycles. The molecule has 1 aromatic carbocycles. The Morgan fingerprint density at radius 3 is 2.71 bits per heavy atom. The highest BCUT2D eigenvalue weighted by Gasteiger charge is 2.37. The first-order valence-electron chi connectivity index (χ1n) is 8.01. The highest BCUT2D eigenvalue weighted by atomic mass is 35.5. The molecule has 0 aromatic heterocycles. The van der Waals surface area contributed by atoms with Crippen molar-refractivity contribution in [1.82, 2.24) is 0 Å². The SMILES string of the molecule is O=C(OC[C@@H]1CCC[NH+]2CCCC[C@H]12)c1ccc(Cl)cc1. The van der Waals surface area contributed by atoms with E-state index in [0.29, 0.717) is 29.2 Å². The van der Waals surface area contributed by atoms with Gasteiger partial charge in [0.25, 0.3) is 0 Å². The van der Waals surface area contributed by atoms with Crippen molar-refractivity contribution in [3.05, 3.63) is 34.9 Å². The smallest absolute Gasteiger partial charge is 0.338 e. The quantitative estimate of drug-likeness (QED) is 0.869. The van der Waals surface area contributed by atoms with Gasteiger partial charge in [-0.1, -0.05) is 11.6 Å². The summed E-state index contributed by atoms with van der Waals surface area (Å²) < 4.78 is 5.56. The fraction of sp³-hybridized carbons (Fsp3) is 0.588. The van der Waals surface area contributed by atoms with E-state index >= 15 is 0 Å². The van der Waals surface area contributed by atoms with Crippen LogP contribution in [0.4, 0.5) is 0 Å². The summed E-state index contributed by atoms with van der Waals surface area (Å²) in [7, 11) is 0. The number of hydrogen-bond acceptors (Lipinski definition) is 2. The fourth-order valence-electron chi connectivity index (χ4n) is 3.83. The third-order valence-electron chi connectivity index (χ3n) is 4.94. The van der Waals surface area contributed by atoms with Gasteiger partial charge in [0.15, 0.2) is 0 Å². The standard InChI is InChI=1S/C17H22ClNO2/c18-15-8-6-13(7-9-15)17(20)21-12-14-4-3-11-19-10-2-1-5-16(14)19/h6-9,14,16H,1-5,10-12H2/p+1/t14-,16+/m0/s1. The van der Waals surface area contributed by atoms with Gasteiger partial charge < -0.3 is 9.64 Å². The number of esters is 1. The van der Waals surface area contributed by atoms with Crippen molar-refractivity contribution in [2.75, 3.05) is 19.7 Å². The van der Waals surface area contributed by atoms with E-state index in [9.17, 15) is 4.79 Å². The van der Waals surface area contributed by atoms with Crippen LogP contribution in [0.3, 0.4) is 0 Å². The predicted molar refractivity (Wildman–Crippen MR) is 82.8 cm³/mol. The maximum absolute atomic E-state index is 12.1. The van der Waals surface area contributed by atoms with E-state index in [1.165, 1.54) is 45.2 Å². The van der Waals surface area contributed by atoms with Gasteiger partial charge in [-0.2, -0.15) is 0 Å². The lowest BCUT2D eigenvalue weighted by atomic mass is 9.84. The van der Waals surface area contributed by atoms with Crippen molar-refractivity contribution in [3.63, 3.8) is 0 Å². The Hall–Kier alpha value is -1.06. The lowest BCUT2D eigenvalue weighted by molar-refractivity contribution is -0.940. The molecular formula is C17H23ClNO2+. The number of rotatable bonds is 3. The van der Waals surface area contributed by atoms with Crippen LogP contribution in [0.15, 0.2) is 24.3 Å². The van der Waals surface area contributed by atoms with Gasteiger partial charge in [-0.25, -0.2) is 4.79 Å². The maximum Gasteiger partial charge on any atom is 0.338 e. The van der Waals surface area contributed by atoms with Gasteiger partial charge in [-0.15, -0.1) is 0 Å². The summed E-state index contributed by atoms with van der Waals surface area (Å²) in [6.45, 7) is 3.16. The van der Waals surface area contributed by atoms with Crippen molar-refractivity contribution in [2.24, 2.45) is 5.92 Å². The molecule has 3 rings (SSSR count). The largest absolute Gasteiger partial charge is 0.462 e. The summed E-state index contributed by atoms with van der Waals surface area (Å²) in [6.07, 6.45) is 6.43. The highest BCUT2D eigenvalue weighted by molar-refractivity contribution is 6.30. The van der Waals surface area contributed by atoms with Crippen LogP contribution < -0.4 is 4.90 Å². The Morgan fingerprint density at radius 1 is 1.14 bits per heavy atom. The van der Waals surface area contributed by atoms with E-state index in [0.717, 1.165) is 0 Å². The van der Waals surface area contributed by atoms with E-state index in [1.54, 1.807) is 29.2 Å². The van der Waals surface area contributed by atoms with Gasteiger partial charge in [-0.3, -0.25) is 0 Å². The third-order valence-corrected chi connectivity index (χ3v) is 5.19. The number of piperidine rings is 2. The second-order valence-corrected chi connectivity index (χ2v) is 6.70. The van der Waals surface area contributed by atoms with Gasteiger partial charge >= 0.3 is 5.97 Å². The first kappa shape index (κ1) is 14.9. The molecular weight excluding hydrogens is 286 g/mol. The van der Waals surface area contributed by atoms with Crippen LogP contribution in [-0.4, -0.2) is 31.7 Å². The summed E-state index contributed by atoms with van der Waals surface area (Å²) in [5, 5.41) is 0.639. The van der Waals surface area contributed by atoms with Crippen LogP contribution in [0.25, 0.3) is 0 Å². The minimum Gasteiger partial charge on any atom is -0.462 e. The topological polar surface area (TPSA) is 30.7 Å². The Bertz CT molecular complexity index is 486. The number of carbonyl (C=O) groups is 1. The number of halogens is 1. The zero-order valence-corrected chi connectivity index (χ0v) is 13.1. The van der Waals surface area contributed by atoms with Crippen molar-refractivity contribution in [1.29, 1.82) is 0 Å². The number of ether oxygens (including phenoxy) is 1. The van der Waals surface area contributed by atoms with Crippen LogP contribution >= 0.6 is 11.6 Å². The molecule has 0 aliphatic carbocycles. The lowest BCUT2D eigenvalue weighted by Crippen LogP contribution is -3.18. The molecule has 2 fully saturated rings. The lowest BCUT2D eigenvalue weighted by Gasteiger charge is -2.40. The normalized spacial score (nSPS) is 28.7. The molecule has 0 saturated carbocycles. The zero-order valence-electron chi connectivity index (χ0n) is 12.3. The van der Waals surface area contributed by atoms with E-state index in [-0.39, 0.29) is 5.97 Å². The number of benzene rings is 1. The summed E-state index contributed by atoms with van der Waals surface area (Å²) in [4.78, 5) is 13.8. The summed E-state index contributed by atoms with van der Waals surface area (Å²) >= 11 is 5.84. The summed E-state index contributed by atoms with van der Waals surface area (Å²) in [5.74, 6) is 0.305. The number of fused-ring (bicyclic) bond motifs is 1.